The van der Waals surface area contributed by atoms with Crippen LogP contribution in [0.4, 0.5) is 5.69 Å². The van der Waals surface area contributed by atoms with Crippen LogP contribution in [0.5, 0.6) is 11.5 Å². The van der Waals surface area contributed by atoms with Gasteiger partial charge in [0.05, 0.1) is 25.2 Å². The largest absolute Gasteiger partial charge is 0.493 e. The summed E-state index contributed by atoms with van der Waals surface area (Å²) in [5, 5.41) is 16.9. The van der Waals surface area contributed by atoms with E-state index in [9.17, 15) is 14.9 Å². The summed E-state index contributed by atoms with van der Waals surface area (Å²) in [5.41, 5.74) is 0.440. The first kappa shape index (κ1) is 18.7. The van der Waals surface area contributed by atoms with Gasteiger partial charge in [-0.05, 0) is 32.5 Å². The Hall–Kier alpha value is -2.35. The fraction of sp³-hybridized carbons (Fsp3) is 0.533. The predicted octanol–water partition coefficient (Wildman–Crippen LogP) is 1.27. The van der Waals surface area contributed by atoms with E-state index in [2.05, 4.69) is 10.6 Å². The molecule has 1 aromatic rings. The average Bonchev–Trinajstić information content (AvgIpc) is 2.54. The number of carbonyl (C=O) groups excluding carboxylic acids is 1. The number of benzene rings is 1. The number of nitro benzene ring substituents is 1. The molecule has 0 aromatic heterocycles. The molecule has 0 saturated heterocycles. The van der Waals surface area contributed by atoms with E-state index < -0.39 is 4.92 Å². The van der Waals surface area contributed by atoms with Crippen LogP contribution in [-0.4, -0.2) is 45.2 Å². The van der Waals surface area contributed by atoms with Gasteiger partial charge in [-0.3, -0.25) is 14.9 Å². The number of nitrogens with one attached hydrogen (secondary N) is 2. The van der Waals surface area contributed by atoms with Gasteiger partial charge < -0.3 is 20.1 Å². The molecule has 0 aliphatic rings. The predicted molar refractivity (Wildman–Crippen MR) is 86.1 cm³/mol. The molecule has 0 radical (unpaired) electrons. The van der Waals surface area contributed by atoms with Gasteiger partial charge in [0.1, 0.15) is 0 Å². The molecule has 0 spiro atoms. The standard InChI is InChI=1S/C15H23N3O5/c1-16-7-4-5-15(19)17-8-6-11-9-13(22-2)14(23-3)10-12(11)18(20)21/h9-10,16H,4-8H2,1-3H3,(H,17,19). The number of hydrogen-bond donors (Lipinski definition) is 2. The van der Waals surface area contributed by atoms with E-state index >= 15 is 0 Å². The summed E-state index contributed by atoms with van der Waals surface area (Å²) in [6, 6.07) is 2.91. The van der Waals surface area contributed by atoms with E-state index in [0.29, 0.717) is 36.4 Å². The summed E-state index contributed by atoms with van der Waals surface area (Å²) >= 11 is 0. The smallest absolute Gasteiger partial charge is 0.276 e. The molecule has 8 nitrogen and oxygen atoms in total. The Kier molecular flexibility index (Phi) is 7.82. The maximum absolute atomic E-state index is 11.6. The van der Waals surface area contributed by atoms with E-state index in [1.54, 1.807) is 6.07 Å². The Labute approximate surface area is 135 Å². The van der Waals surface area contributed by atoms with E-state index in [0.717, 1.165) is 13.0 Å². The van der Waals surface area contributed by atoms with Crippen molar-refractivity contribution in [3.8, 4) is 11.5 Å². The van der Waals surface area contributed by atoms with Crippen molar-refractivity contribution in [3.63, 3.8) is 0 Å². The minimum absolute atomic E-state index is 0.0490. The molecule has 0 saturated carbocycles. The normalized spacial score (nSPS) is 10.2. The Bertz CT molecular complexity index is 548. The number of ether oxygens (including phenoxy) is 2. The molecule has 0 bridgehead atoms. The molecule has 8 heteroatoms. The fourth-order valence-corrected chi connectivity index (χ4v) is 2.13. The Morgan fingerprint density at radius 1 is 1.22 bits per heavy atom. The monoisotopic (exact) mass is 325 g/mol. The van der Waals surface area contributed by atoms with Gasteiger partial charge in [-0.25, -0.2) is 0 Å². The SMILES string of the molecule is CNCCCC(=O)NCCc1cc(OC)c(OC)cc1[N+](=O)[O-]. The van der Waals surface area contributed by atoms with Crippen LogP contribution in [0.15, 0.2) is 12.1 Å². The zero-order valence-corrected chi connectivity index (χ0v) is 13.7. The molecule has 128 valence electrons. The maximum Gasteiger partial charge on any atom is 0.276 e. The quantitative estimate of drug-likeness (QED) is 0.381. The molecule has 1 rings (SSSR count). The van der Waals surface area contributed by atoms with Gasteiger partial charge in [-0.1, -0.05) is 0 Å². The van der Waals surface area contributed by atoms with Crippen LogP contribution in [0, 0.1) is 10.1 Å². The number of nitrogens with zero attached hydrogens (tertiary/aromatic N) is 1. The molecule has 1 amide bonds. The van der Waals surface area contributed by atoms with Crippen molar-refractivity contribution < 1.29 is 19.2 Å². The number of carbonyl (C=O) groups is 1. The van der Waals surface area contributed by atoms with Crippen molar-refractivity contribution in [2.45, 2.75) is 19.3 Å². The van der Waals surface area contributed by atoms with Crippen LogP contribution in [-0.2, 0) is 11.2 Å². The second-order valence-corrected chi connectivity index (χ2v) is 4.90. The van der Waals surface area contributed by atoms with E-state index in [-0.39, 0.29) is 11.6 Å². The maximum atomic E-state index is 11.6. The number of amides is 1. The topological polar surface area (TPSA) is 103 Å². The second-order valence-electron chi connectivity index (χ2n) is 4.90. The molecule has 0 aliphatic heterocycles. The zero-order chi connectivity index (χ0) is 17.2. The highest BCUT2D eigenvalue weighted by atomic mass is 16.6. The lowest BCUT2D eigenvalue weighted by atomic mass is 10.1. The third-order valence-corrected chi connectivity index (χ3v) is 3.33. The first-order chi connectivity index (χ1) is 11.0. The number of rotatable bonds is 10. The molecule has 1 aromatic carbocycles. The molecular formula is C15H23N3O5. The molecule has 0 fully saturated rings. The van der Waals surface area contributed by atoms with Crippen LogP contribution >= 0.6 is 0 Å². The molecule has 0 unspecified atom stereocenters. The molecule has 0 aliphatic carbocycles. The van der Waals surface area contributed by atoms with Crippen molar-refractivity contribution in [2.75, 3.05) is 34.4 Å². The van der Waals surface area contributed by atoms with Crippen LogP contribution < -0.4 is 20.1 Å². The van der Waals surface area contributed by atoms with Crippen molar-refractivity contribution in [1.82, 2.24) is 10.6 Å². The van der Waals surface area contributed by atoms with Crippen LogP contribution in [0.1, 0.15) is 18.4 Å². The highest BCUT2D eigenvalue weighted by molar-refractivity contribution is 5.75. The van der Waals surface area contributed by atoms with Crippen LogP contribution in [0.2, 0.25) is 0 Å². The van der Waals surface area contributed by atoms with Crippen molar-refractivity contribution in [2.24, 2.45) is 0 Å². The van der Waals surface area contributed by atoms with Crippen molar-refractivity contribution in [1.29, 1.82) is 0 Å². The van der Waals surface area contributed by atoms with Gasteiger partial charge in [0.2, 0.25) is 5.91 Å². The highest BCUT2D eigenvalue weighted by Gasteiger charge is 2.19. The van der Waals surface area contributed by atoms with Gasteiger partial charge in [-0.2, -0.15) is 0 Å². The summed E-state index contributed by atoms with van der Waals surface area (Å²) < 4.78 is 10.2. The first-order valence-corrected chi connectivity index (χ1v) is 7.34. The summed E-state index contributed by atoms with van der Waals surface area (Å²) in [7, 11) is 4.72. The van der Waals surface area contributed by atoms with Gasteiger partial charge in [-0.15, -0.1) is 0 Å². The first-order valence-electron chi connectivity index (χ1n) is 7.34. The summed E-state index contributed by atoms with van der Waals surface area (Å²) in [6.45, 7) is 1.10. The lowest BCUT2D eigenvalue weighted by Gasteiger charge is -2.11. The second kappa shape index (κ2) is 9.62. The average molecular weight is 325 g/mol. The molecule has 0 heterocycles. The van der Waals surface area contributed by atoms with Gasteiger partial charge in [0.15, 0.2) is 11.5 Å². The molecule has 2 N–H and O–H groups in total. The summed E-state index contributed by atoms with van der Waals surface area (Å²) in [5.74, 6) is 0.663. The number of nitro groups is 1. The minimum Gasteiger partial charge on any atom is -0.493 e. The van der Waals surface area contributed by atoms with Crippen molar-refractivity contribution in [3.05, 3.63) is 27.8 Å². The molecule has 23 heavy (non-hydrogen) atoms. The lowest BCUT2D eigenvalue weighted by Crippen LogP contribution is -2.26. The van der Waals surface area contributed by atoms with Gasteiger partial charge in [0.25, 0.3) is 5.69 Å². The van der Waals surface area contributed by atoms with E-state index in [1.165, 1.54) is 20.3 Å². The highest BCUT2D eigenvalue weighted by Crippen LogP contribution is 2.34. The van der Waals surface area contributed by atoms with Crippen LogP contribution in [0.3, 0.4) is 0 Å². The third-order valence-electron chi connectivity index (χ3n) is 3.33. The Balaban J connectivity index is 2.71. The van der Waals surface area contributed by atoms with E-state index in [4.69, 9.17) is 9.47 Å². The van der Waals surface area contributed by atoms with Gasteiger partial charge >= 0.3 is 0 Å². The van der Waals surface area contributed by atoms with Crippen molar-refractivity contribution >= 4 is 11.6 Å². The van der Waals surface area contributed by atoms with Crippen LogP contribution in [0.25, 0.3) is 0 Å². The number of hydrogen-bond acceptors (Lipinski definition) is 6. The summed E-state index contributed by atoms with van der Waals surface area (Å²) in [6.07, 6.45) is 1.52. The third kappa shape index (κ3) is 5.74. The Morgan fingerprint density at radius 3 is 2.43 bits per heavy atom. The van der Waals surface area contributed by atoms with Gasteiger partial charge in [0, 0.05) is 18.5 Å². The minimum atomic E-state index is -0.466. The molecular weight excluding hydrogens is 302 g/mol. The Morgan fingerprint density at radius 2 is 1.87 bits per heavy atom. The zero-order valence-electron chi connectivity index (χ0n) is 13.7. The molecule has 0 atom stereocenters. The lowest BCUT2D eigenvalue weighted by molar-refractivity contribution is -0.385. The summed E-state index contributed by atoms with van der Waals surface area (Å²) in [4.78, 5) is 22.3. The number of methoxy groups -OCH3 is 2. The van der Waals surface area contributed by atoms with E-state index in [1.807, 2.05) is 7.05 Å². The fourth-order valence-electron chi connectivity index (χ4n) is 2.13.